The van der Waals surface area contributed by atoms with Crippen molar-refractivity contribution in [1.29, 1.82) is 0 Å². The fraction of sp³-hybridized carbons (Fsp3) is 0.294. The lowest BCUT2D eigenvalue weighted by atomic mass is 9.88. The van der Waals surface area contributed by atoms with Gasteiger partial charge in [0.2, 0.25) is 23.1 Å². The third kappa shape index (κ3) is 3.10. The van der Waals surface area contributed by atoms with E-state index in [4.69, 9.17) is 18.9 Å². The van der Waals surface area contributed by atoms with Crippen LogP contribution in [0, 0.1) is 0 Å². The molecule has 0 saturated heterocycles. The van der Waals surface area contributed by atoms with E-state index in [0.717, 1.165) is 12.2 Å². The normalized spacial score (nSPS) is 18.2. The molecular formula is C17H16O8. The first kappa shape index (κ1) is 18.2. The number of carbonyl (C=O) groups is 4. The van der Waals surface area contributed by atoms with Crippen molar-refractivity contribution in [3.63, 3.8) is 0 Å². The van der Waals surface area contributed by atoms with E-state index >= 15 is 0 Å². The molecule has 0 spiro atoms. The van der Waals surface area contributed by atoms with Crippen LogP contribution in [0.1, 0.15) is 6.42 Å². The van der Waals surface area contributed by atoms with Crippen molar-refractivity contribution in [3.8, 4) is 0 Å². The number of Topliss-reactive ketones (excluding diaryl/α,β-unsaturated/α-hetero) is 2. The Morgan fingerprint density at radius 3 is 1.28 bits per heavy atom. The zero-order chi connectivity index (χ0) is 18.7. The maximum Gasteiger partial charge on any atom is 0.227 e. The molecule has 2 aliphatic carbocycles. The van der Waals surface area contributed by atoms with Gasteiger partial charge in [-0.25, -0.2) is 0 Å². The Morgan fingerprint density at radius 1 is 0.640 bits per heavy atom. The summed E-state index contributed by atoms with van der Waals surface area (Å²) in [4.78, 5) is 49.1. The molecule has 0 amide bonds. The first-order valence-electron chi connectivity index (χ1n) is 7.13. The van der Waals surface area contributed by atoms with Crippen LogP contribution in [-0.4, -0.2) is 51.6 Å². The number of ketones is 4. The molecule has 0 atom stereocenters. The van der Waals surface area contributed by atoms with Gasteiger partial charge in [0.25, 0.3) is 0 Å². The average Bonchev–Trinajstić information content (AvgIpc) is 2.60. The number of hydrogen-bond donors (Lipinski definition) is 0. The Morgan fingerprint density at radius 2 is 1.00 bits per heavy atom. The Hall–Kier alpha value is -3.16. The van der Waals surface area contributed by atoms with Gasteiger partial charge in [-0.05, 0) is 0 Å². The van der Waals surface area contributed by atoms with Gasteiger partial charge in [-0.2, -0.15) is 0 Å². The van der Waals surface area contributed by atoms with Gasteiger partial charge in [-0.15, -0.1) is 0 Å². The Bertz CT molecular complexity index is 725. The van der Waals surface area contributed by atoms with E-state index in [-0.39, 0.29) is 40.6 Å². The molecule has 2 aliphatic rings. The van der Waals surface area contributed by atoms with Crippen LogP contribution >= 0.6 is 0 Å². The summed E-state index contributed by atoms with van der Waals surface area (Å²) < 4.78 is 19.8. The van der Waals surface area contributed by atoms with Gasteiger partial charge in [-0.1, -0.05) is 0 Å². The monoisotopic (exact) mass is 348 g/mol. The van der Waals surface area contributed by atoms with Crippen LogP contribution in [0.5, 0.6) is 0 Å². The Kier molecular flexibility index (Phi) is 5.21. The van der Waals surface area contributed by atoms with Gasteiger partial charge >= 0.3 is 0 Å². The van der Waals surface area contributed by atoms with Crippen LogP contribution in [0.25, 0.3) is 0 Å². The third-order valence-electron chi connectivity index (χ3n) is 3.72. The fourth-order valence-electron chi connectivity index (χ4n) is 2.55. The number of allylic oxidation sites excluding steroid dienone is 4. The minimum atomic E-state index is -0.615. The second-order valence-electron chi connectivity index (χ2n) is 5.01. The van der Waals surface area contributed by atoms with Crippen LogP contribution < -0.4 is 0 Å². The Labute approximate surface area is 143 Å². The highest BCUT2D eigenvalue weighted by Crippen LogP contribution is 2.31. The van der Waals surface area contributed by atoms with Crippen LogP contribution in [0.15, 0.2) is 46.3 Å². The molecule has 0 aromatic carbocycles. The molecule has 2 rings (SSSR count). The summed E-state index contributed by atoms with van der Waals surface area (Å²) >= 11 is 0. The number of hydrogen-bond acceptors (Lipinski definition) is 8. The molecule has 8 heteroatoms. The summed E-state index contributed by atoms with van der Waals surface area (Å²) in [5, 5.41) is 0. The van der Waals surface area contributed by atoms with E-state index in [1.54, 1.807) is 0 Å². The Balaban J connectivity index is 2.54. The smallest absolute Gasteiger partial charge is 0.227 e. The van der Waals surface area contributed by atoms with Gasteiger partial charge in [0.1, 0.15) is 0 Å². The van der Waals surface area contributed by atoms with Crippen molar-refractivity contribution in [3.05, 3.63) is 46.3 Å². The highest BCUT2D eigenvalue weighted by atomic mass is 16.5. The number of rotatable bonds is 6. The SMILES string of the molecule is COC1=CC(=O)C(OC)=C(CC2=C(OC)C(=O)C=C(OC)C2=O)C1=O. The van der Waals surface area contributed by atoms with Crippen molar-refractivity contribution >= 4 is 23.1 Å². The summed E-state index contributed by atoms with van der Waals surface area (Å²) in [7, 11) is 4.94. The lowest BCUT2D eigenvalue weighted by molar-refractivity contribution is -0.121. The highest BCUT2D eigenvalue weighted by Gasteiger charge is 2.36. The van der Waals surface area contributed by atoms with E-state index in [2.05, 4.69) is 0 Å². The van der Waals surface area contributed by atoms with Gasteiger partial charge in [0, 0.05) is 18.6 Å². The van der Waals surface area contributed by atoms with Gasteiger partial charge in [-0.3, -0.25) is 19.2 Å². The molecule has 0 heterocycles. The molecular weight excluding hydrogens is 332 g/mol. The second-order valence-corrected chi connectivity index (χ2v) is 5.01. The maximum atomic E-state index is 12.5. The molecule has 0 saturated carbocycles. The highest BCUT2D eigenvalue weighted by molar-refractivity contribution is 6.24. The molecule has 0 aromatic rings. The minimum Gasteiger partial charge on any atom is -0.493 e. The molecule has 132 valence electrons. The van der Waals surface area contributed by atoms with E-state index < -0.39 is 23.1 Å². The second kappa shape index (κ2) is 7.16. The lowest BCUT2D eigenvalue weighted by Gasteiger charge is -2.21. The molecule has 0 aromatic heterocycles. The first-order valence-corrected chi connectivity index (χ1v) is 7.13. The van der Waals surface area contributed by atoms with E-state index in [1.165, 1.54) is 28.4 Å². The zero-order valence-corrected chi connectivity index (χ0v) is 14.1. The molecule has 0 aliphatic heterocycles. The van der Waals surface area contributed by atoms with Crippen LogP contribution in [-0.2, 0) is 38.1 Å². The van der Waals surface area contributed by atoms with Gasteiger partial charge in [0.15, 0.2) is 23.0 Å². The molecule has 0 N–H and O–H groups in total. The standard InChI is InChI=1S/C17H16O8/c1-22-12-6-10(18)16(24-3)8(14(12)20)5-9-15(21)13(23-2)7-11(19)17(9)25-4/h6-7H,5H2,1-4H3. The van der Waals surface area contributed by atoms with E-state index in [0.29, 0.717) is 0 Å². The summed E-state index contributed by atoms with van der Waals surface area (Å²) in [6, 6.07) is 0. The number of ether oxygens (including phenoxy) is 4. The zero-order valence-electron chi connectivity index (χ0n) is 14.1. The summed E-state index contributed by atoms with van der Waals surface area (Å²) in [5.41, 5.74) is -0.204. The predicted molar refractivity (Wildman–Crippen MR) is 82.9 cm³/mol. The molecule has 8 nitrogen and oxygen atoms in total. The van der Waals surface area contributed by atoms with Crippen molar-refractivity contribution in [2.24, 2.45) is 0 Å². The third-order valence-corrected chi connectivity index (χ3v) is 3.72. The summed E-state index contributed by atoms with van der Waals surface area (Å²) in [6.45, 7) is 0. The van der Waals surface area contributed by atoms with E-state index in [9.17, 15) is 19.2 Å². The molecule has 0 fully saturated rings. The quantitative estimate of drug-likeness (QED) is 0.641. The lowest BCUT2D eigenvalue weighted by Crippen LogP contribution is -2.26. The van der Waals surface area contributed by atoms with Crippen LogP contribution in [0.3, 0.4) is 0 Å². The minimum absolute atomic E-state index is 0.102. The number of methoxy groups -OCH3 is 4. The summed E-state index contributed by atoms with van der Waals surface area (Å²) in [5.74, 6) is -3.19. The van der Waals surface area contributed by atoms with Gasteiger partial charge in [0.05, 0.1) is 39.6 Å². The van der Waals surface area contributed by atoms with E-state index in [1.807, 2.05) is 0 Å². The fourth-order valence-corrected chi connectivity index (χ4v) is 2.55. The largest absolute Gasteiger partial charge is 0.493 e. The van der Waals surface area contributed by atoms with Crippen molar-refractivity contribution < 1.29 is 38.1 Å². The van der Waals surface area contributed by atoms with Crippen molar-refractivity contribution in [2.45, 2.75) is 6.42 Å². The van der Waals surface area contributed by atoms with Crippen molar-refractivity contribution in [1.82, 2.24) is 0 Å². The van der Waals surface area contributed by atoms with Crippen molar-refractivity contribution in [2.75, 3.05) is 28.4 Å². The molecule has 0 unspecified atom stereocenters. The topological polar surface area (TPSA) is 105 Å². The first-order chi connectivity index (χ1) is 11.9. The number of carbonyl (C=O) groups excluding carboxylic acids is 4. The molecule has 0 radical (unpaired) electrons. The summed E-state index contributed by atoms with van der Waals surface area (Å²) in [6.07, 6.45) is 1.66. The molecule has 0 bridgehead atoms. The maximum absolute atomic E-state index is 12.5. The predicted octanol–water partition coefficient (Wildman–Crippen LogP) is 0.542. The van der Waals surface area contributed by atoms with Gasteiger partial charge < -0.3 is 18.9 Å². The molecule has 25 heavy (non-hydrogen) atoms. The van der Waals surface area contributed by atoms with Crippen LogP contribution in [0.4, 0.5) is 0 Å². The van der Waals surface area contributed by atoms with Crippen LogP contribution in [0.2, 0.25) is 0 Å². The average molecular weight is 348 g/mol.